The van der Waals surface area contributed by atoms with Gasteiger partial charge in [0.25, 0.3) is 11.4 Å². The molecule has 134 valence electrons. The Balaban J connectivity index is 1.86. The summed E-state index contributed by atoms with van der Waals surface area (Å²) >= 11 is 0. The van der Waals surface area contributed by atoms with Crippen LogP contribution in [0, 0.1) is 20.2 Å². The van der Waals surface area contributed by atoms with Crippen molar-refractivity contribution in [1.82, 2.24) is 0 Å². The summed E-state index contributed by atoms with van der Waals surface area (Å²) in [6.07, 6.45) is 4.17. The van der Waals surface area contributed by atoms with E-state index in [1.165, 1.54) is 54.6 Å². The molecule has 0 spiro atoms. The molecular weight excluding hydrogens is 354 g/mol. The second kappa shape index (κ2) is 7.40. The molecule has 0 radical (unpaired) electrons. The Hall–Kier alpha value is -4.14. The number of rotatable bonds is 5. The maximum Gasteiger partial charge on any atom is 0.363 e. The van der Waals surface area contributed by atoms with E-state index in [-0.39, 0.29) is 28.5 Å². The number of carbonyl (C=O) groups excluding carboxylic acids is 1. The van der Waals surface area contributed by atoms with E-state index in [9.17, 15) is 25.0 Å². The minimum atomic E-state index is -0.744. The molecule has 2 aromatic carbocycles. The highest BCUT2D eigenvalue weighted by molar-refractivity contribution is 6.11. The minimum Gasteiger partial charge on any atom is -0.403 e. The first kappa shape index (κ1) is 17.7. The third kappa shape index (κ3) is 4.10. The molecule has 27 heavy (non-hydrogen) atoms. The van der Waals surface area contributed by atoms with Crippen molar-refractivity contribution >= 4 is 35.4 Å². The van der Waals surface area contributed by atoms with Gasteiger partial charge in [-0.2, -0.15) is 0 Å². The Kier molecular flexibility index (Phi) is 4.84. The number of non-ortho nitro benzene ring substituents is 1. The molecular formula is C18H11N3O6. The van der Waals surface area contributed by atoms with Gasteiger partial charge >= 0.3 is 5.97 Å². The predicted octanol–water partition coefficient (Wildman–Crippen LogP) is 3.51. The van der Waals surface area contributed by atoms with E-state index < -0.39 is 15.8 Å². The van der Waals surface area contributed by atoms with Gasteiger partial charge in [-0.3, -0.25) is 20.2 Å². The van der Waals surface area contributed by atoms with Crippen LogP contribution in [0.1, 0.15) is 11.1 Å². The largest absolute Gasteiger partial charge is 0.403 e. The van der Waals surface area contributed by atoms with Crippen LogP contribution in [0.5, 0.6) is 0 Å². The first-order valence-electron chi connectivity index (χ1n) is 7.62. The summed E-state index contributed by atoms with van der Waals surface area (Å²) in [7, 11) is 0. The molecule has 9 heteroatoms. The molecule has 2 aromatic rings. The number of nitro benzene ring substituents is 2. The molecule has 0 saturated carbocycles. The quantitative estimate of drug-likeness (QED) is 0.345. The van der Waals surface area contributed by atoms with Gasteiger partial charge in [0.05, 0.1) is 15.4 Å². The van der Waals surface area contributed by atoms with Crippen LogP contribution in [0.4, 0.5) is 11.4 Å². The molecule has 1 heterocycles. The first-order chi connectivity index (χ1) is 12.9. The maximum atomic E-state index is 11.9. The number of carbonyl (C=O) groups is 1. The monoisotopic (exact) mass is 365 g/mol. The summed E-state index contributed by atoms with van der Waals surface area (Å²) < 4.78 is 5.00. The Morgan fingerprint density at radius 1 is 0.963 bits per heavy atom. The molecule has 0 aromatic heterocycles. The van der Waals surface area contributed by atoms with E-state index in [0.717, 1.165) is 0 Å². The SMILES string of the molecule is O=C1OC(/C=C\c2cccc([N+](=O)[O-])c2)=NC/1=C/c1ccccc1[N+](=O)[O-]. The average Bonchev–Trinajstić information content (AvgIpc) is 3.00. The first-order valence-corrected chi connectivity index (χ1v) is 7.62. The number of hydrogen-bond acceptors (Lipinski definition) is 7. The summed E-state index contributed by atoms with van der Waals surface area (Å²) in [5.41, 5.74) is 0.442. The lowest BCUT2D eigenvalue weighted by Gasteiger charge is -1.96. The van der Waals surface area contributed by atoms with Crippen molar-refractivity contribution in [2.45, 2.75) is 0 Å². The van der Waals surface area contributed by atoms with Crippen molar-refractivity contribution in [3.63, 3.8) is 0 Å². The highest BCUT2D eigenvalue weighted by Crippen LogP contribution is 2.23. The van der Waals surface area contributed by atoms with Gasteiger partial charge in [0.2, 0.25) is 5.90 Å². The van der Waals surface area contributed by atoms with E-state index in [2.05, 4.69) is 4.99 Å². The van der Waals surface area contributed by atoms with Gasteiger partial charge in [-0.15, -0.1) is 0 Å². The lowest BCUT2D eigenvalue weighted by molar-refractivity contribution is -0.385. The Bertz CT molecular complexity index is 1040. The van der Waals surface area contributed by atoms with E-state index in [4.69, 9.17) is 4.74 Å². The van der Waals surface area contributed by atoms with Crippen LogP contribution >= 0.6 is 0 Å². The minimum absolute atomic E-state index is 0.0173. The number of hydrogen-bond donors (Lipinski definition) is 0. The van der Waals surface area contributed by atoms with Gasteiger partial charge < -0.3 is 4.74 Å². The fraction of sp³-hybridized carbons (Fsp3) is 0. The number of cyclic esters (lactones) is 1. The van der Waals surface area contributed by atoms with Crippen LogP contribution in [0.15, 0.2) is 65.3 Å². The molecule has 0 fully saturated rings. The van der Waals surface area contributed by atoms with Crippen molar-refractivity contribution in [3.05, 3.63) is 91.7 Å². The molecule has 9 nitrogen and oxygen atoms in total. The highest BCUT2D eigenvalue weighted by Gasteiger charge is 2.23. The van der Waals surface area contributed by atoms with Crippen LogP contribution in [-0.4, -0.2) is 21.7 Å². The molecule has 3 rings (SSSR count). The Labute approximate surface area is 152 Å². The lowest BCUT2D eigenvalue weighted by Crippen LogP contribution is -2.01. The van der Waals surface area contributed by atoms with Gasteiger partial charge in [0.1, 0.15) is 0 Å². The summed E-state index contributed by atoms with van der Waals surface area (Å²) in [6, 6.07) is 11.8. The van der Waals surface area contributed by atoms with Crippen molar-refractivity contribution in [2.75, 3.05) is 0 Å². The molecule has 0 amide bonds. The molecule has 1 aliphatic rings. The third-order valence-corrected chi connectivity index (χ3v) is 3.56. The van der Waals surface area contributed by atoms with Gasteiger partial charge in [0, 0.05) is 24.3 Å². The summed E-state index contributed by atoms with van der Waals surface area (Å²) in [5, 5.41) is 21.8. The average molecular weight is 365 g/mol. The molecule has 0 saturated heterocycles. The second-order valence-corrected chi connectivity index (χ2v) is 5.37. The summed E-state index contributed by atoms with van der Waals surface area (Å²) in [6.45, 7) is 0. The predicted molar refractivity (Wildman–Crippen MR) is 96.7 cm³/mol. The number of nitro groups is 2. The van der Waals surface area contributed by atoms with Crippen LogP contribution < -0.4 is 0 Å². The standard InChI is InChI=1S/C18H11N3O6/c22-18-15(11-13-5-1-2-7-16(13)21(25)26)19-17(27-18)9-8-12-4-3-6-14(10-12)20(23)24/h1-11H/b9-8-,15-11+. The summed E-state index contributed by atoms with van der Waals surface area (Å²) in [5.74, 6) is -0.761. The van der Waals surface area contributed by atoms with Crippen molar-refractivity contribution in [1.29, 1.82) is 0 Å². The van der Waals surface area contributed by atoms with Crippen LogP contribution in [0.3, 0.4) is 0 Å². The zero-order chi connectivity index (χ0) is 19.4. The summed E-state index contributed by atoms with van der Waals surface area (Å²) in [4.78, 5) is 36.7. The third-order valence-electron chi connectivity index (χ3n) is 3.56. The van der Waals surface area contributed by atoms with Crippen molar-refractivity contribution < 1.29 is 19.4 Å². The second-order valence-electron chi connectivity index (χ2n) is 5.37. The zero-order valence-electron chi connectivity index (χ0n) is 13.6. The number of esters is 1. The van der Waals surface area contributed by atoms with Gasteiger partial charge in [-0.25, -0.2) is 9.79 Å². The van der Waals surface area contributed by atoms with Gasteiger partial charge in [-0.1, -0.05) is 24.3 Å². The molecule has 0 atom stereocenters. The van der Waals surface area contributed by atoms with Crippen LogP contribution in [0.25, 0.3) is 12.2 Å². The molecule has 0 unspecified atom stereocenters. The fourth-order valence-electron chi connectivity index (χ4n) is 2.33. The van der Waals surface area contributed by atoms with Crippen LogP contribution in [-0.2, 0) is 9.53 Å². The van der Waals surface area contributed by atoms with Crippen molar-refractivity contribution in [2.24, 2.45) is 4.99 Å². The van der Waals surface area contributed by atoms with Gasteiger partial charge in [0.15, 0.2) is 5.70 Å². The maximum absolute atomic E-state index is 11.9. The number of nitrogens with zero attached hydrogens (tertiary/aromatic N) is 3. The topological polar surface area (TPSA) is 125 Å². The molecule has 0 aliphatic carbocycles. The molecule has 0 bridgehead atoms. The Morgan fingerprint density at radius 2 is 1.74 bits per heavy atom. The molecule has 0 N–H and O–H groups in total. The zero-order valence-corrected chi connectivity index (χ0v) is 13.6. The Morgan fingerprint density at radius 3 is 2.48 bits per heavy atom. The van der Waals surface area contributed by atoms with E-state index in [0.29, 0.717) is 5.56 Å². The van der Waals surface area contributed by atoms with Crippen molar-refractivity contribution in [3.8, 4) is 0 Å². The normalized spacial score (nSPS) is 15.0. The smallest absolute Gasteiger partial charge is 0.363 e. The van der Waals surface area contributed by atoms with E-state index >= 15 is 0 Å². The van der Waals surface area contributed by atoms with Crippen LogP contribution in [0.2, 0.25) is 0 Å². The highest BCUT2D eigenvalue weighted by atomic mass is 16.6. The number of benzene rings is 2. The lowest BCUT2D eigenvalue weighted by atomic mass is 10.1. The number of ether oxygens (including phenoxy) is 1. The van der Waals surface area contributed by atoms with Gasteiger partial charge in [-0.05, 0) is 23.8 Å². The molecule has 1 aliphatic heterocycles. The number of aliphatic imine (C=N–C) groups is 1. The van der Waals surface area contributed by atoms with E-state index in [1.54, 1.807) is 12.1 Å². The van der Waals surface area contributed by atoms with E-state index in [1.807, 2.05) is 0 Å². The number of para-hydroxylation sites is 1. The fourth-order valence-corrected chi connectivity index (χ4v) is 2.33.